The van der Waals surface area contributed by atoms with Crippen LogP contribution < -0.4 is 0 Å². The zero-order valence-electron chi connectivity index (χ0n) is 8.18. The number of halogens is 1. The molecule has 0 unspecified atom stereocenters. The number of carbonyl (C=O) groups excluding carboxylic acids is 1. The van der Waals surface area contributed by atoms with Crippen molar-refractivity contribution < 1.29 is 4.79 Å². The summed E-state index contributed by atoms with van der Waals surface area (Å²) in [6, 6.07) is 2.03. The Kier molecular flexibility index (Phi) is 3.07. The summed E-state index contributed by atoms with van der Waals surface area (Å²) in [5, 5.41) is 0. The second kappa shape index (κ2) is 4.15. The molecule has 1 aliphatic carbocycles. The van der Waals surface area contributed by atoms with Crippen molar-refractivity contribution in [1.29, 1.82) is 0 Å². The predicted octanol–water partition coefficient (Wildman–Crippen LogP) is 4.19. The summed E-state index contributed by atoms with van der Waals surface area (Å²) < 4.78 is 0.976. The number of hydrogen-bond acceptors (Lipinski definition) is 2. The number of thiophene rings is 1. The molecule has 1 fully saturated rings. The first kappa shape index (κ1) is 10.4. The van der Waals surface area contributed by atoms with E-state index in [1.165, 1.54) is 24.1 Å². The molecule has 0 saturated heterocycles. The van der Waals surface area contributed by atoms with Gasteiger partial charge in [0.25, 0.3) is 0 Å². The average molecular weight is 273 g/mol. The monoisotopic (exact) mass is 272 g/mol. The van der Waals surface area contributed by atoms with Crippen molar-refractivity contribution in [2.24, 2.45) is 5.92 Å². The van der Waals surface area contributed by atoms with Gasteiger partial charge in [0.2, 0.25) is 0 Å². The van der Waals surface area contributed by atoms with Crippen LogP contribution in [0.2, 0.25) is 0 Å². The third kappa shape index (κ3) is 2.09. The van der Waals surface area contributed by atoms with Gasteiger partial charge in [0.05, 0.1) is 4.88 Å². The van der Waals surface area contributed by atoms with Crippen molar-refractivity contribution in [1.82, 2.24) is 0 Å². The molecule has 0 N–H and O–H groups in total. The standard InChI is InChI=1S/C11H13BrOS/c1-7-5-9(12)11(14-7)10(13)6-8-3-2-4-8/h5,8H,2-4,6H2,1H3. The fourth-order valence-electron chi connectivity index (χ4n) is 1.73. The lowest BCUT2D eigenvalue weighted by atomic mass is 9.82. The molecular formula is C11H13BrOS. The smallest absolute Gasteiger partial charge is 0.174 e. The van der Waals surface area contributed by atoms with E-state index in [0.29, 0.717) is 11.7 Å². The minimum absolute atomic E-state index is 0.319. The van der Waals surface area contributed by atoms with Gasteiger partial charge in [-0.25, -0.2) is 0 Å². The first-order valence-corrected chi connectivity index (χ1v) is 6.57. The molecule has 1 aromatic heterocycles. The van der Waals surface area contributed by atoms with E-state index in [4.69, 9.17) is 0 Å². The van der Waals surface area contributed by atoms with E-state index in [0.717, 1.165) is 15.8 Å². The fraction of sp³-hybridized carbons (Fsp3) is 0.545. The van der Waals surface area contributed by atoms with Gasteiger partial charge >= 0.3 is 0 Å². The van der Waals surface area contributed by atoms with Crippen LogP contribution in [0, 0.1) is 12.8 Å². The van der Waals surface area contributed by atoms with Gasteiger partial charge in [0, 0.05) is 15.8 Å². The molecule has 3 heteroatoms. The lowest BCUT2D eigenvalue weighted by Gasteiger charge is -2.24. The molecule has 0 spiro atoms. The normalized spacial score (nSPS) is 16.7. The number of hydrogen-bond donors (Lipinski definition) is 0. The predicted molar refractivity (Wildman–Crippen MR) is 63.0 cm³/mol. The van der Waals surface area contributed by atoms with Gasteiger partial charge < -0.3 is 0 Å². The zero-order valence-corrected chi connectivity index (χ0v) is 10.6. The van der Waals surface area contributed by atoms with Crippen LogP contribution in [0.4, 0.5) is 0 Å². The maximum absolute atomic E-state index is 11.9. The maximum Gasteiger partial charge on any atom is 0.174 e. The molecule has 14 heavy (non-hydrogen) atoms. The molecular weight excluding hydrogens is 260 g/mol. The van der Waals surface area contributed by atoms with Crippen LogP contribution in [0.3, 0.4) is 0 Å². The zero-order chi connectivity index (χ0) is 10.1. The minimum atomic E-state index is 0.319. The first-order valence-electron chi connectivity index (χ1n) is 4.96. The van der Waals surface area contributed by atoms with Gasteiger partial charge in [-0.3, -0.25) is 4.79 Å². The molecule has 1 aliphatic rings. The van der Waals surface area contributed by atoms with Crippen LogP contribution >= 0.6 is 27.3 Å². The van der Waals surface area contributed by atoms with E-state index in [1.807, 2.05) is 13.0 Å². The van der Waals surface area contributed by atoms with E-state index >= 15 is 0 Å². The summed E-state index contributed by atoms with van der Waals surface area (Å²) in [7, 11) is 0. The largest absolute Gasteiger partial charge is 0.293 e. The highest BCUT2D eigenvalue weighted by Gasteiger charge is 2.23. The number of Topliss-reactive ketones (excluding diaryl/α,β-unsaturated/α-hetero) is 1. The highest BCUT2D eigenvalue weighted by molar-refractivity contribution is 9.10. The third-order valence-corrected chi connectivity index (χ3v) is 4.74. The van der Waals surface area contributed by atoms with Gasteiger partial charge in [-0.1, -0.05) is 19.3 Å². The highest BCUT2D eigenvalue weighted by Crippen LogP contribution is 2.34. The topological polar surface area (TPSA) is 17.1 Å². The van der Waals surface area contributed by atoms with Crippen LogP contribution in [0.1, 0.15) is 40.2 Å². The molecule has 0 bridgehead atoms. The molecule has 0 atom stereocenters. The lowest BCUT2D eigenvalue weighted by molar-refractivity contribution is 0.0940. The van der Waals surface area contributed by atoms with Crippen molar-refractivity contribution in [2.75, 3.05) is 0 Å². The lowest BCUT2D eigenvalue weighted by Crippen LogP contribution is -2.15. The maximum atomic E-state index is 11.9. The molecule has 1 nitrogen and oxygen atoms in total. The number of rotatable bonds is 3. The molecule has 76 valence electrons. The van der Waals surface area contributed by atoms with E-state index in [9.17, 15) is 4.79 Å². The summed E-state index contributed by atoms with van der Waals surface area (Å²) in [6.07, 6.45) is 4.54. The Balaban J connectivity index is 2.06. The van der Waals surface area contributed by atoms with Crippen molar-refractivity contribution in [3.63, 3.8) is 0 Å². The molecule has 1 saturated carbocycles. The van der Waals surface area contributed by atoms with Gasteiger partial charge in [-0.05, 0) is 34.8 Å². The quantitative estimate of drug-likeness (QED) is 0.754. The highest BCUT2D eigenvalue weighted by atomic mass is 79.9. The van der Waals surface area contributed by atoms with Crippen molar-refractivity contribution in [3.8, 4) is 0 Å². The SMILES string of the molecule is Cc1cc(Br)c(C(=O)CC2CCC2)s1. The van der Waals surface area contributed by atoms with Gasteiger partial charge in [-0.2, -0.15) is 0 Å². The molecule has 1 heterocycles. The molecule has 0 amide bonds. The van der Waals surface area contributed by atoms with E-state index in [2.05, 4.69) is 15.9 Å². The van der Waals surface area contributed by atoms with Gasteiger partial charge in [0.15, 0.2) is 5.78 Å². The third-order valence-electron chi connectivity index (χ3n) is 2.76. The summed E-state index contributed by atoms with van der Waals surface area (Å²) in [6.45, 7) is 2.04. The Hall–Kier alpha value is -0.150. The van der Waals surface area contributed by atoms with Crippen molar-refractivity contribution >= 4 is 33.0 Å². The first-order chi connectivity index (χ1) is 6.66. The Labute approximate surface area is 96.6 Å². The Morgan fingerprint density at radius 1 is 1.64 bits per heavy atom. The van der Waals surface area contributed by atoms with Crippen LogP contribution in [-0.4, -0.2) is 5.78 Å². The molecule has 2 rings (SSSR count). The van der Waals surface area contributed by atoms with Crippen molar-refractivity contribution in [2.45, 2.75) is 32.6 Å². The Bertz CT molecular complexity index is 352. The number of aryl methyl sites for hydroxylation is 1. The van der Waals surface area contributed by atoms with Crippen LogP contribution in [-0.2, 0) is 0 Å². The second-order valence-electron chi connectivity index (χ2n) is 3.96. The van der Waals surface area contributed by atoms with Gasteiger partial charge in [-0.15, -0.1) is 11.3 Å². The van der Waals surface area contributed by atoms with E-state index < -0.39 is 0 Å². The van der Waals surface area contributed by atoms with Crippen molar-refractivity contribution in [3.05, 3.63) is 20.3 Å². The fourth-order valence-corrected chi connectivity index (χ4v) is 3.54. The molecule has 1 aromatic rings. The van der Waals surface area contributed by atoms with Crippen LogP contribution in [0.25, 0.3) is 0 Å². The molecule has 0 aromatic carbocycles. The van der Waals surface area contributed by atoms with Crippen LogP contribution in [0.15, 0.2) is 10.5 Å². The summed E-state index contributed by atoms with van der Waals surface area (Å²) in [5.74, 6) is 0.983. The Morgan fingerprint density at radius 2 is 2.36 bits per heavy atom. The number of carbonyl (C=O) groups is 1. The van der Waals surface area contributed by atoms with E-state index in [1.54, 1.807) is 11.3 Å². The summed E-state index contributed by atoms with van der Waals surface area (Å²) >= 11 is 5.04. The minimum Gasteiger partial charge on any atom is -0.293 e. The summed E-state index contributed by atoms with van der Waals surface area (Å²) in [4.78, 5) is 14.0. The molecule has 0 aliphatic heterocycles. The Morgan fingerprint density at radius 3 is 2.79 bits per heavy atom. The second-order valence-corrected chi connectivity index (χ2v) is 6.07. The van der Waals surface area contributed by atoms with E-state index in [-0.39, 0.29) is 0 Å². The average Bonchev–Trinajstić information content (AvgIpc) is 2.37. The van der Waals surface area contributed by atoms with Gasteiger partial charge in [0.1, 0.15) is 0 Å². The molecule has 0 radical (unpaired) electrons. The number of ketones is 1. The summed E-state index contributed by atoms with van der Waals surface area (Å²) in [5.41, 5.74) is 0. The van der Waals surface area contributed by atoms with Crippen LogP contribution in [0.5, 0.6) is 0 Å².